The first-order chi connectivity index (χ1) is 11.8. The third kappa shape index (κ3) is 4.08. The number of aromatic carboxylic acids is 1. The molecule has 1 heterocycles. The monoisotopic (exact) mass is 359 g/mol. The number of carboxylic acid groups (broad SMARTS) is 1. The van der Waals surface area contributed by atoms with E-state index in [0.717, 1.165) is 37.2 Å². The van der Waals surface area contributed by atoms with Crippen LogP contribution >= 0.6 is 0 Å². The number of rotatable bonds is 5. The quantitative estimate of drug-likeness (QED) is 0.888. The van der Waals surface area contributed by atoms with E-state index in [1.807, 2.05) is 24.3 Å². The predicted octanol–water partition coefficient (Wildman–Crippen LogP) is 2.78. The Morgan fingerprint density at radius 2 is 1.84 bits per heavy atom. The van der Waals surface area contributed by atoms with Crippen molar-refractivity contribution in [1.82, 2.24) is 4.90 Å². The topological polar surface area (TPSA) is 74.7 Å². The van der Waals surface area contributed by atoms with Crippen LogP contribution in [0.5, 0.6) is 0 Å². The second-order valence-corrected chi connectivity index (χ2v) is 8.54. The fraction of sp³-hybridized carbons (Fsp3) is 0.316. The zero-order chi connectivity index (χ0) is 18.0. The summed E-state index contributed by atoms with van der Waals surface area (Å²) >= 11 is 0. The summed E-state index contributed by atoms with van der Waals surface area (Å²) in [7, 11) is -3.17. The normalized spacial score (nSPS) is 18.4. The molecule has 0 radical (unpaired) electrons. The van der Waals surface area contributed by atoms with Crippen LogP contribution < -0.4 is 0 Å². The Hall–Kier alpha value is -2.18. The highest BCUT2D eigenvalue weighted by Gasteiger charge is 2.26. The van der Waals surface area contributed by atoms with E-state index in [0.29, 0.717) is 10.5 Å². The van der Waals surface area contributed by atoms with E-state index in [9.17, 15) is 18.3 Å². The molecular weight excluding hydrogens is 338 g/mol. The fourth-order valence-electron chi connectivity index (χ4n) is 3.38. The minimum Gasteiger partial charge on any atom is -0.478 e. The highest BCUT2D eigenvalue weighted by atomic mass is 32.2. The van der Waals surface area contributed by atoms with Crippen molar-refractivity contribution < 1.29 is 18.3 Å². The van der Waals surface area contributed by atoms with Crippen LogP contribution in [0.4, 0.5) is 0 Å². The molecule has 5 nitrogen and oxygen atoms in total. The molecule has 1 fully saturated rings. The van der Waals surface area contributed by atoms with Crippen LogP contribution in [0, 0.1) is 0 Å². The van der Waals surface area contributed by atoms with Crippen molar-refractivity contribution in [1.29, 1.82) is 0 Å². The Labute approximate surface area is 147 Å². The van der Waals surface area contributed by atoms with Crippen LogP contribution in [0.3, 0.4) is 0 Å². The number of nitrogens with zero attached hydrogens (tertiary/aromatic N) is 1. The lowest BCUT2D eigenvalue weighted by molar-refractivity contribution is 0.0695. The zero-order valence-electron chi connectivity index (χ0n) is 14.1. The van der Waals surface area contributed by atoms with E-state index in [-0.39, 0.29) is 5.92 Å². The number of likely N-dealkylation sites (tertiary alicyclic amines) is 1. The number of sulfone groups is 1. The highest BCUT2D eigenvalue weighted by Crippen LogP contribution is 2.30. The standard InChI is InChI=1S/C19H21NO4S/c1-25(23,24)16-8-6-14(7-9-16)12-20-11-10-15(13-20)17-4-2-3-5-18(17)19(21)22/h2-9,15H,10-13H2,1H3,(H,21,22)/t15-/m1/s1. The molecule has 2 aromatic rings. The second-order valence-electron chi connectivity index (χ2n) is 6.53. The summed E-state index contributed by atoms with van der Waals surface area (Å²) < 4.78 is 23.0. The van der Waals surface area contributed by atoms with Crippen LogP contribution in [0.1, 0.15) is 33.8 Å². The molecule has 1 saturated heterocycles. The molecule has 0 aliphatic carbocycles. The molecule has 0 bridgehead atoms. The summed E-state index contributed by atoms with van der Waals surface area (Å²) in [5, 5.41) is 9.36. The van der Waals surface area contributed by atoms with Crippen molar-refractivity contribution in [2.45, 2.75) is 23.8 Å². The van der Waals surface area contributed by atoms with Crippen LogP contribution in [-0.2, 0) is 16.4 Å². The maximum absolute atomic E-state index is 11.5. The van der Waals surface area contributed by atoms with Crippen molar-refractivity contribution in [3.8, 4) is 0 Å². The first-order valence-corrected chi connectivity index (χ1v) is 10.1. The maximum atomic E-state index is 11.5. The van der Waals surface area contributed by atoms with E-state index >= 15 is 0 Å². The van der Waals surface area contributed by atoms with Gasteiger partial charge in [0.05, 0.1) is 10.5 Å². The summed E-state index contributed by atoms with van der Waals surface area (Å²) in [5.41, 5.74) is 2.33. The Bertz CT molecular complexity index is 875. The van der Waals surface area contributed by atoms with Gasteiger partial charge < -0.3 is 5.11 Å². The molecule has 0 amide bonds. The highest BCUT2D eigenvalue weighted by molar-refractivity contribution is 7.90. The average molecular weight is 359 g/mol. The van der Waals surface area contributed by atoms with Crippen LogP contribution in [0.2, 0.25) is 0 Å². The lowest BCUT2D eigenvalue weighted by Crippen LogP contribution is -2.20. The van der Waals surface area contributed by atoms with Gasteiger partial charge in [-0.3, -0.25) is 4.90 Å². The fourth-order valence-corrected chi connectivity index (χ4v) is 4.01. The van der Waals surface area contributed by atoms with Gasteiger partial charge in [-0.15, -0.1) is 0 Å². The van der Waals surface area contributed by atoms with E-state index in [4.69, 9.17) is 0 Å². The first kappa shape index (κ1) is 17.6. The minimum atomic E-state index is -3.17. The Morgan fingerprint density at radius 1 is 1.16 bits per heavy atom. The van der Waals surface area contributed by atoms with Gasteiger partial charge in [0.15, 0.2) is 9.84 Å². The molecule has 1 N–H and O–H groups in total. The van der Waals surface area contributed by atoms with Gasteiger partial charge in [-0.2, -0.15) is 0 Å². The van der Waals surface area contributed by atoms with E-state index in [2.05, 4.69) is 4.90 Å². The molecule has 0 aromatic heterocycles. The van der Waals surface area contributed by atoms with Crippen molar-refractivity contribution in [2.75, 3.05) is 19.3 Å². The number of hydrogen-bond acceptors (Lipinski definition) is 4. The van der Waals surface area contributed by atoms with Gasteiger partial charge in [-0.05, 0) is 48.2 Å². The number of carbonyl (C=O) groups is 1. The maximum Gasteiger partial charge on any atom is 0.335 e. The van der Waals surface area contributed by atoms with Crippen LogP contribution in [0.25, 0.3) is 0 Å². The Balaban J connectivity index is 1.69. The van der Waals surface area contributed by atoms with Crippen molar-refractivity contribution in [3.05, 3.63) is 65.2 Å². The van der Waals surface area contributed by atoms with Gasteiger partial charge in [-0.25, -0.2) is 13.2 Å². The van der Waals surface area contributed by atoms with Crippen molar-refractivity contribution in [2.24, 2.45) is 0 Å². The van der Waals surface area contributed by atoms with Gasteiger partial charge in [0.1, 0.15) is 0 Å². The van der Waals surface area contributed by atoms with E-state index in [1.54, 1.807) is 24.3 Å². The van der Waals surface area contributed by atoms with Gasteiger partial charge in [0.25, 0.3) is 0 Å². The van der Waals surface area contributed by atoms with Crippen molar-refractivity contribution in [3.63, 3.8) is 0 Å². The smallest absolute Gasteiger partial charge is 0.335 e. The molecule has 0 spiro atoms. The third-order valence-electron chi connectivity index (χ3n) is 4.66. The summed E-state index contributed by atoms with van der Waals surface area (Å²) in [6.07, 6.45) is 2.12. The largest absolute Gasteiger partial charge is 0.478 e. The first-order valence-electron chi connectivity index (χ1n) is 8.18. The second kappa shape index (κ2) is 6.98. The van der Waals surface area contributed by atoms with Gasteiger partial charge in [0, 0.05) is 19.3 Å². The molecule has 1 aliphatic rings. The average Bonchev–Trinajstić information content (AvgIpc) is 3.03. The SMILES string of the molecule is CS(=O)(=O)c1ccc(CN2CC[C@@H](c3ccccc3C(=O)O)C2)cc1. The molecule has 25 heavy (non-hydrogen) atoms. The summed E-state index contributed by atoms with van der Waals surface area (Å²) in [5.74, 6) is -0.673. The van der Waals surface area contributed by atoms with Gasteiger partial charge >= 0.3 is 5.97 Å². The van der Waals surface area contributed by atoms with Gasteiger partial charge in [0.2, 0.25) is 0 Å². The summed E-state index contributed by atoms with van der Waals surface area (Å²) in [6, 6.07) is 14.2. The van der Waals surface area contributed by atoms with E-state index in [1.165, 1.54) is 6.26 Å². The third-order valence-corrected chi connectivity index (χ3v) is 5.79. The lowest BCUT2D eigenvalue weighted by Gasteiger charge is -2.17. The molecule has 0 saturated carbocycles. The van der Waals surface area contributed by atoms with Crippen molar-refractivity contribution >= 4 is 15.8 Å². The summed E-state index contributed by atoms with van der Waals surface area (Å²) in [4.78, 5) is 14.0. The molecular formula is C19H21NO4S. The lowest BCUT2D eigenvalue weighted by atomic mass is 9.93. The molecule has 132 valence electrons. The molecule has 0 unspecified atom stereocenters. The van der Waals surface area contributed by atoms with Crippen LogP contribution in [-0.4, -0.2) is 43.7 Å². The molecule has 2 aromatic carbocycles. The Kier molecular flexibility index (Phi) is 4.92. The molecule has 3 rings (SSSR count). The molecule has 6 heteroatoms. The number of carboxylic acids is 1. The Morgan fingerprint density at radius 3 is 2.48 bits per heavy atom. The number of benzene rings is 2. The minimum absolute atomic E-state index is 0.211. The predicted molar refractivity (Wildman–Crippen MR) is 95.6 cm³/mol. The number of hydrogen-bond donors (Lipinski definition) is 1. The van der Waals surface area contributed by atoms with Crippen LogP contribution in [0.15, 0.2) is 53.4 Å². The molecule has 1 aliphatic heterocycles. The molecule has 1 atom stereocenters. The zero-order valence-corrected chi connectivity index (χ0v) is 14.9. The van der Waals surface area contributed by atoms with E-state index < -0.39 is 15.8 Å². The van der Waals surface area contributed by atoms with Gasteiger partial charge in [-0.1, -0.05) is 30.3 Å². The summed E-state index contributed by atoms with van der Waals surface area (Å²) in [6.45, 7) is 2.43.